The highest BCUT2D eigenvalue weighted by atomic mass is 16.2. The fourth-order valence-corrected chi connectivity index (χ4v) is 4.06. The van der Waals surface area contributed by atoms with E-state index in [2.05, 4.69) is 44.0 Å². The Bertz CT molecular complexity index is 613. The Morgan fingerprint density at radius 1 is 1.32 bits per heavy atom. The number of hydrogen-bond donors (Lipinski definition) is 0. The van der Waals surface area contributed by atoms with E-state index in [0.717, 1.165) is 12.1 Å². The van der Waals surface area contributed by atoms with Crippen molar-refractivity contribution in [1.82, 2.24) is 4.90 Å². The summed E-state index contributed by atoms with van der Waals surface area (Å²) < 4.78 is 0. The maximum atomic E-state index is 13.3. The topological polar surface area (TPSA) is 62.1 Å². The number of azo groups is 1. The minimum absolute atomic E-state index is 0.000389. The molecule has 0 aromatic rings. The number of hydrogen-bond acceptors (Lipinski definition) is 4. The van der Waals surface area contributed by atoms with Gasteiger partial charge in [-0.15, -0.1) is 0 Å². The van der Waals surface area contributed by atoms with E-state index in [0.29, 0.717) is 24.8 Å². The fourth-order valence-electron chi connectivity index (χ4n) is 4.06. The summed E-state index contributed by atoms with van der Waals surface area (Å²) in [5.41, 5.74) is 0.942. The van der Waals surface area contributed by atoms with Gasteiger partial charge in [-0.25, -0.2) is 0 Å². The van der Waals surface area contributed by atoms with E-state index in [1.165, 1.54) is 12.8 Å². The van der Waals surface area contributed by atoms with Crippen LogP contribution >= 0.6 is 0 Å². The predicted molar refractivity (Wildman–Crippen MR) is 97.0 cm³/mol. The second-order valence-electron chi connectivity index (χ2n) is 9.26. The highest BCUT2D eigenvalue weighted by molar-refractivity contribution is 5.89. The molecule has 5 heteroatoms. The number of likely N-dealkylation sites (tertiary alicyclic amines) is 1. The van der Waals surface area contributed by atoms with Gasteiger partial charge in [0.25, 0.3) is 0 Å². The van der Waals surface area contributed by atoms with Crippen LogP contribution in [0.3, 0.4) is 0 Å². The van der Waals surface area contributed by atoms with Crippen molar-refractivity contribution in [2.24, 2.45) is 33.4 Å². The van der Waals surface area contributed by atoms with E-state index in [4.69, 9.17) is 0 Å². The average molecular weight is 345 g/mol. The van der Waals surface area contributed by atoms with E-state index < -0.39 is 0 Å². The summed E-state index contributed by atoms with van der Waals surface area (Å²) in [6.45, 7) is 10.7. The Kier molecular flexibility index (Phi) is 4.86. The van der Waals surface area contributed by atoms with Crippen molar-refractivity contribution in [1.29, 1.82) is 0 Å². The molecule has 0 radical (unpaired) electrons. The molecule has 1 saturated heterocycles. The summed E-state index contributed by atoms with van der Waals surface area (Å²) in [5, 5.41) is 8.74. The van der Waals surface area contributed by atoms with Crippen LogP contribution in [0.5, 0.6) is 0 Å². The third kappa shape index (κ3) is 4.01. The molecular weight excluding hydrogens is 314 g/mol. The number of carbonyl (C=O) groups is 2. The molecular formula is C20H31N3O2. The van der Waals surface area contributed by atoms with Gasteiger partial charge in [0.15, 0.2) is 5.78 Å². The van der Waals surface area contributed by atoms with Gasteiger partial charge in [-0.05, 0) is 50.0 Å². The molecule has 4 atom stereocenters. The lowest BCUT2D eigenvalue weighted by molar-refractivity contribution is -0.143. The van der Waals surface area contributed by atoms with Crippen LogP contribution in [0.25, 0.3) is 0 Å². The molecule has 2 fully saturated rings. The third-order valence-electron chi connectivity index (χ3n) is 5.76. The zero-order chi connectivity index (χ0) is 18.4. The van der Waals surface area contributed by atoms with Gasteiger partial charge in [0.2, 0.25) is 5.91 Å². The van der Waals surface area contributed by atoms with Gasteiger partial charge < -0.3 is 4.90 Å². The SMILES string of the molecule is CC(=O)C1CC(C)CN1C(=O)C(CC1C=C(C2CC2)N=N1)C(C)(C)C. The van der Waals surface area contributed by atoms with Crippen LogP contribution in [0.1, 0.15) is 60.3 Å². The van der Waals surface area contributed by atoms with Crippen molar-refractivity contribution in [3.63, 3.8) is 0 Å². The summed E-state index contributed by atoms with van der Waals surface area (Å²) in [6.07, 6.45) is 6.04. The lowest BCUT2D eigenvalue weighted by Crippen LogP contribution is -2.46. The van der Waals surface area contributed by atoms with Gasteiger partial charge in [-0.1, -0.05) is 27.7 Å². The minimum Gasteiger partial charge on any atom is -0.332 e. The first kappa shape index (κ1) is 18.3. The normalized spacial score (nSPS) is 30.5. The fraction of sp³-hybridized carbons (Fsp3) is 0.800. The molecule has 4 unspecified atom stereocenters. The minimum atomic E-state index is -0.255. The van der Waals surface area contributed by atoms with Gasteiger partial charge in [-0.3, -0.25) is 9.59 Å². The molecule has 1 aliphatic carbocycles. The van der Waals surface area contributed by atoms with Crippen LogP contribution in [0.4, 0.5) is 0 Å². The number of allylic oxidation sites excluding steroid dienone is 1. The molecule has 0 aromatic heterocycles. The average Bonchev–Trinajstić information content (AvgIpc) is 3.12. The van der Waals surface area contributed by atoms with Gasteiger partial charge in [-0.2, -0.15) is 10.2 Å². The molecule has 0 N–H and O–H groups in total. The Labute approximate surface area is 150 Å². The first-order valence-corrected chi connectivity index (χ1v) is 9.60. The van der Waals surface area contributed by atoms with Crippen LogP contribution in [-0.2, 0) is 9.59 Å². The second-order valence-corrected chi connectivity index (χ2v) is 9.26. The number of ketones is 1. The third-order valence-corrected chi connectivity index (χ3v) is 5.76. The van der Waals surface area contributed by atoms with Crippen LogP contribution in [0.2, 0.25) is 0 Å². The lowest BCUT2D eigenvalue weighted by Gasteiger charge is -2.35. The summed E-state index contributed by atoms with van der Waals surface area (Å²) >= 11 is 0. The van der Waals surface area contributed by atoms with Crippen molar-refractivity contribution in [2.75, 3.05) is 6.54 Å². The van der Waals surface area contributed by atoms with Crippen LogP contribution in [0, 0.1) is 23.2 Å². The highest BCUT2D eigenvalue weighted by Crippen LogP contribution is 2.41. The van der Waals surface area contributed by atoms with E-state index in [-0.39, 0.29) is 35.1 Å². The summed E-state index contributed by atoms with van der Waals surface area (Å²) in [4.78, 5) is 27.2. The van der Waals surface area contributed by atoms with Crippen LogP contribution in [0.15, 0.2) is 22.0 Å². The predicted octanol–water partition coefficient (Wildman–Crippen LogP) is 3.99. The van der Waals surface area contributed by atoms with Crippen LogP contribution in [-0.4, -0.2) is 35.2 Å². The molecule has 3 rings (SSSR count). The molecule has 25 heavy (non-hydrogen) atoms. The van der Waals surface area contributed by atoms with Crippen molar-refractivity contribution < 1.29 is 9.59 Å². The number of nitrogens with zero attached hydrogens (tertiary/aromatic N) is 3. The zero-order valence-electron chi connectivity index (χ0n) is 16.2. The molecule has 1 saturated carbocycles. The zero-order valence-corrected chi connectivity index (χ0v) is 16.2. The number of rotatable bonds is 5. The van der Waals surface area contributed by atoms with Crippen LogP contribution < -0.4 is 0 Å². The second kappa shape index (κ2) is 6.65. The summed E-state index contributed by atoms with van der Waals surface area (Å²) in [6, 6.07) is -0.255. The molecule has 138 valence electrons. The maximum Gasteiger partial charge on any atom is 0.226 e. The quantitative estimate of drug-likeness (QED) is 0.756. The molecule has 0 aromatic carbocycles. The molecule has 3 aliphatic rings. The smallest absolute Gasteiger partial charge is 0.226 e. The van der Waals surface area contributed by atoms with Gasteiger partial charge >= 0.3 is 0 Å². The number of Topliss-reactive ketones (excluding diaryl/α,β-unsaturated/α-hetero) is 1. The first-order valence-electron chi connectivity index (χ1n) is 9.60. The Balaban J connectivity index is 1.75. The van der Waals surface area contributed by atoms with E-state index in [1.54, 1.807) is 6.92 Å². The Morgan fingerprint density at radius 3 is 2.56 bits per heavy atom. The van der Waals surface area contributed by atoms with Crippen molar-refractivity contribution in [3.05, 3.63) is 11.8 Å². The Morgan fingerprint density at radius 2 is 2.00 bits per heavy atom. The van der Waals surface area contributed by atoms with E-state index >= 15 is 0 Å². The standard InChI is InChI=1S/C20H31N3O2/c1-12-8-18(13(2)24)23(11-12)19(25)16(20(3,4)5)9-15-10-17(22-21-15)14-6-7-14/h10,12,14-16,18H,6-9,11H2,1-5H3. The lowest BCUT2D eigenvalue weighted by atomic mass is 9.76. The van der Waals surface area contributed by atoms with E-state index in [9.17, 15) is 9.59 Å². The van der Waals surface area contributed by atoms with Gasteiger partial charge in [0.1, 0.15) is 0 Å². The molecule has 5 nitrogen and oxygen atoms in total. The summed E-state index contributed by atoms with van der Waals surface area (Å²) in [5.74, 6) is 1.03. The van der Waals surface area contributed by atoms with Crippen molar-refractivity contribution in [3.8, 4) is 0 Å². The largest absolute Gasteiger partial charge is 0.332 e. The molecule has 2 aliphatic heterocycles. The molecule has 1 amide bonds. The number of carbonyl (C=O) groups excluding carboxylic acids is 2. The molecule has 2 heterocycles. The number of amides is 1. The van der Waals surface area contributed by atoms with Gasteiger partial charge in [0, 0.05) is 18.4 Å². The Hall–Kier alpha value is -1.52. The highest BCUT2D eigenvalue weighted by Gasteiger charge is 2.43. The monoisotopic (exact) mass is 345 g/mol. The summed E-state index contributed by atoms with van der Waals surface area (Å²) in [7, 11) is 0. The van der Waals surface area contributed by atoms with Crippen molar-refractivity contribution in [2.45, 2.75) is 72.4 Å². The maximum absolute atomic E-state index is 13.3. The van der Waals surface area contributed by atoms with Gasteiger partial charge in [0.05, 0.1) is 17.8 Å². The molecule has 0 spiro atoms. The first-order chi connectivity index (χ1) is 11.7. The van der Waals surface area contributed by atoms with E-state index in [1.807, 2.05) is 4.90 Å². The van der Waals surface area contributed by atoms with Crippen molar-refractivity contribution >= 4 is 11.7 Å². The molecule has 0 bridgehead atoms.